The van der Waals surface area contributed by atoms with Crippen LogP contribution in [0.1, 0.15) is 108 Å². The van der Waals surface area contributed by atoms with Gasteiger partial charge in [0.15, 0.2) is 0 Å². The van der Waals surface area contributed by atoms with Gasteiger partial charge in [-0.25, -0.2) is 9.78 Å². The van der Waals surface area contributed by atoms with Crippen LogP contribution >= 0.6 is 11.3 Å². The predicted molar refractivity (Wildman–Crippen MR) is 251 cm³/mol. The third-order valence-electron chi connectivity index (χ3n) is 11.8. The number of ether oxygens (including phenoxy) is 1. The number of β-amino-alcohol motifs (C(OH)–C–C–N with tert-alkyl or cyclic N) is 1. The number of aliphatic hydroxyl groups excluding tert-OH is 1. The minimum atomic E-state index is -0.902. The van der Waals surface area contributed by atoms with E-state index in [1.807, 2.05) is 109 Å². The largest absolute Gasteiger partial charge is 0.444 e. The number of piperazine rings is 1. The number of aliphatic hydroxyl groups is 1. The summed E-state index contributed by atoms with van der Waals surface area (Å²) >= 11 is 1.58. The van der Waals surface area contributed by atoms with E-state index in [0.717, 1.165) is 60.1 Å². The van der Waals surface area contributed by atoms with Crippen LogP contribution in [0, 0.1) is 12.3 Å². The van der Waals surface area contributed by atoms with E-state index in [1.165, 1.54) is 4.90 Å². The third kappa shape index (κ3) is 14.2. The molecule has 0 unspecified atom stereocenters. The van der Waals surface area contributed by atoms with E-state index in [4.69, 9.17) is 4.74 Å². The van der Waals surface area contributed by atoms with Crippen LogP contribution in [0.4, 0.5) is 10.5 Å². The number of rotatable bonds is 17. The van der Waals surface area contributed by atoms with Crippen LogP contribution in [0.15, 0.2) is 54.0 Å². The van der Waals surface area contributed by atoms with Crippen molar-refractivity contribution in [3.63, 3.8) is 0 Å². The van der Waals surface area contributed by atoms with Gasteiger partial charge < -0.3 is 40.5 Å². The summed E-state index contributed by atoms with van der Waals surface area (Å²) in [6.07, 6.45) is 1.11. The Balaban J connectivity index is 1.01. The van der Waals surface area contributed by atoms with Crippen LogP contribution in [-0.4, -0.2) is 138 Å². The number of carbonyl (C=O) groups is 5. The fourth-order valence-electron chi connectivity index (χ4n) is 7.92. The van der Waals surface area contributed by atoms with E-state index in [9.17, 15) is 29.1 Å². The highest BCUT2D eigenvalue weighted by molar-refractivity contribution is 7.13. The lowest BCUT2D eigenvalue weighted by atomic mass is 9.85. The number of aryl methyl sites for hydroxylation is 1. The van der Waals surface area contributed by atoms with Crippen LogP contribution in [0.2, 0.25) is 0 Å². The van der Waals surface area contributed by atoms with Gasteiger partial charge in [0.25, 0.3) is 5.91 Å². The molecule has 15 nitrogen and oxygen atoms in total. The van der Waals surface area contributed by atoms with Crippen molar-refractivity contribution in [3.05, 3.63) is 70.9 Å². The lowest BCUT2D eigenvalue weighted by Crippen LogP contribution is -2.57. The second-order valence-electron chi connectivity index (χ2n) is 19.2. The number of hydrogen-bond acceptors (Lipinski definition) is 11. The maximum Gasteiger partial charge on any atom is 0.410 e. The fraction of sp³-hybridized carbons (Fsp3) is 0.583. The molecule has 2 fully saturated rings. The summed E-state index contributed by atoms with van der Waals surface area (Å²) in [5.41, 5.74) is 5.21. The maximum absolute atomic E-state index is 14.1. The lowest BCUT2D eigenvalue weighted by Gasteiger charge is -2.36. The number of amides is 5. The molecule has 4 atom stereocenters. The van der Waals surface area contributed by atoms with Gasteiger partial charge in [-0.15, -0.1) is 11.3 Å². The van der Waals surface area contributed by atoms with Crippen LogP contribution in [0.25, 0.3) is 10.4 Å². The minimum Gasteiger partial charge on any atom is -0.444 e. The molecule has 1 aromatic heterocycles. The SMILES string of the molecule is Cc1ncsc1-c1ccc([C@H](C)NC(=O)[C@@H]2C[C@@H](O)CN2C(=O)[C@@H](NC(=O)CCCCCNC(=O)c2ccc(N3CCN(CCN(C)C(=O)OC(C)(C)C)CC3)cc2)C(C)(C)C)cc1. The molecule has 0 spiro atoms. The number of unbranched alkanes of at least 4 members (excludes halogenated alkanes) is 2. The molecule has 5 rings (SSSR count). The van der Waals surface area contributed by atoms with E-state index in [1.54, 1.807) is 23.3 Å². The van der Waals surface area contributed by atoms with Crippen LogP contribution in [-0.2, 0) is 19.1 Å². The van der Waals surface area contributed by atoms with Crippen LogP contribution in [0.5, 0.6) is 0 Å². The van der Waals surface area contributed by atoms with Gasteiger partial charge in [0.05, 0.1) is 28.2 Å². The van der Waals surface area contributed by atoms with E-state index < -0.39 is 35.1 Å². The molecule has 0 bridgehead atoms. The number of nitrogens with zero attached hydrogens (tertiary/aromatic N) is 5. The molecule has 350 valence electrons. The van der Waals surface area contributed by atoms with Crippen molar-refractivity contribution in [2.45, 2.75) is 117 Å². The summed E-state index contributed by atoms with van der Waals surface area (Å²) in [6.45, 7) is 20.3. The topological polar surface area (TPSA) is 177 Å². The normalized spacial score (nSPS) is 18.0. The average Bonchev–Trinajstić information content (AvgIpc) is 3.87. The molecule has 64 heavy (non-hydrogen) atoms. The summed E-state index contributed by atoms with van der Waals surface area (Å²) < 4.78 is 5.45. The van der Waals surface area contributed by atoms with Gasteiger partial charge in [-0.05, 0) is 88.3 Å². The molecule has 3 aromatic rings. The summed E-state index contributed by atoms with van der Waals surface area (Å²) in [5.74, 6) is -1.17. The molecule has 3 heterocycles. The number of benzene rings is 2. The molecule has 0 aliphatic carbocycles. The van der Waals surface area contributed by atoms with Crippen molar-refractivity contribution in [3.8, 4) is 10.4 Å². The van der Waals surface area contributed by atoms with Gasteiger partial charge in [-0.3, -0.25) is 24.1 Å². The van der Waals surface area contributed by atoms with Crippen molar-refractivity contribution in [1.29, 1.82) is 0 Å². The summed E-state index contributed by atoms with van der Waals surface area (Å²) in [6, 6.07) is 13.5. The zero-order chi connectivity index (χ0) is 46.8. The number of carbonyl (C=O) groups excluding carboxylic acids is 5. The van der Waals surface area contributed by atoms with Gasteiger partial charge >= 0.3 is 6.09 Å². The molecule has 4 N–H and O–H groups in total. The van der Waals surface area contributed by atoms with Gasteiger partial charge in [0, 0.05) is 83.5 Å². The summed E-state index contributed by atoms with van der Waals surface area (Å²) in [5, 5.41) is 19.6. The molecular weight excluding hydrogens is 833 g/mol. The zero-order valence-corrected chi connectivity index (χ0v) is 40.1. The maximum atomic E-state index is 14.1. The lowest BCUT2D eigenvalue weighted by molar-refractivity contribution is -0.144. The Hall–Kier alpha value is -5.06. The molecule has 16 heteroatoms. The second kappa shape index (κ2) is 22.2. The number of anilines is 1. The number of aromatic nitrogens is 1. The van der Waals surface area contributed by atoms with Crippen molar-refractivity contribution in [2.24, 2.45) is 5.41 Å². The molecule has 0 saturated carbocycles. The van der Waals surface area contributed by atoms with Crippen LogP contribution in [0.3, 0.4) is 0 Å². The van der Waals surface area contributed by atoms with E-state index in [-0.39, 0.29) is 49.2 Å². The highest BCUT2D eigenvalue weighted by Gasteiger charge is 2.44. The Kier molecular flexibility index (Phi) is 17.3. The quantitative estimate of drug-likeness (QED) is 0.122. The number of nitrogens with one attached hydrogen (secondary N) is 3. The monoisotopic (exact) mass is 903 g/mol. The van der Waals surface area contributed by atoms with Gasteiger partial charge in [-0.2, -0.15) is 0 Å². The Morgan fingerprint density at radius 2 is 1.59 bits per heavy atom. The number of thiazole rings is 1. The highest BCUT2D eigenvalue weighted by Crippen LogP contribution is 2.30. The van der Waals surface area contributed by atoms with Crippen molar-refractivity contribution in [2.75, 3.05) is 64.3 Å². The molecule has 5 amide bonds. The molecule has 2 aliphatic rings. The number of hydrogen-bond donors (Lipinski definition) is 4. The zero-order valence-electron chi connectivity index (χ0n) is 39.2. The highest BCUT2D eigenvalue weighted by atomic mass is 32.1. The molecule has 2 saturated heterocycles. The first-order valence-electron chi connectivity index (χ1n) is 22.6. The van der Waals surface area contributed by atoms with Gasteiger partial charge in [0.2, 0.25) is 17.7 Å². The van der Waals surface area contributed by atoms with Gasteiger partial charge in [-0.1, -0.05) is 51.5 Å². The number of likely N-dealkylation sites (N-methyl/N-ethyl adjacent to an activating group) is 1. The first-order valence-corrected chi connectivity index (χ1v) is 23.5. The molecule has 2 aromatic carbocycles. The van der Waals surface area contributed by atoms with E-state index in [0.29, 0.717) is 37.9 Å². The second-order valence-corrected chi connectivity index (χ2v) is 20.1. The van der Waals surface area contributed by atoms with Crippen molar-refractivity contribution in [1.82, 2.24) is 35.6 Å². The van der Waals surface area contributed by atoms with E-state index >= 15 is 0 Å². The average molecular weight is 903 g/mol. The molecule has 0 radical (unpaired) electrons. The standard InChI is InChI=1S/C48H70N8O7S/c1-32(34-14-16-35(17-15-34)41-33(2)50-31-64-41)51-44(60)39-29-38(57)30-56(39)45(61)42(47(3,4)5)52-40(58)13-11-10-12-22-49-43(59)36-18-20-37(21-19-36)55-27-25-54(26-28-55)24-23-53(9)46(62)63-48(6,7)8/h14-21,31-32,38-39,42,57H,10-13,22-30H2,1-9H3,(H,49,59)(H,51,60)(H,52,58)/t32-,38+,39-,42+/m0/s1. The Morgan fingerprint density at radius 1 is 0.922 bits per heavy atom. The summed E-state index contributed by atoms with van der Waals surface area (Å²) in [4.78, 5) is 79.2. The first kappa shape index (κ1) is 49.9. The number of likely N-dealkylation sites (tertiary alicyclic amines) is 1. The smallest absolute Gasteiger partial charge is 0.410 e. The van der Waals surface area contributed by atoms with Crippen molar-refractivity contribution >= 4 is 46.7 Å². The Bertz CT molecular complexity index is 2040. The van der Waals surface area contributed by atoms with Crippen molar-refractivity contribution < 1.29 is 33.8 Å². The van der Waals surface area contributed by atoms with E-state index in [2.05, 4.69) is 30.7 Å². The third-order valence-corrected chi connectivity index (χ3v) is 12.7. The van der Waals surface area contributed by atoms with Gasteiger partial charge in [0.1, 0.15) is 17.7 Å². The first-order chi connectivity index (χ1) is 30.2. The predicted octanol–water partition coefficient (Wildman–Crippen LogP) is 5.77. The minimum absolute atomic E-state index is 0.00307. The summed E-state index contributed by atoms with van der Waals surface area (Å²) in [7, 11) is 1.76. The molecular formula is C48H70N8O7S. The fourth-order valence-corrected chi connectivity index (χ4v) is 8.73. The van der Waals surface area contributed by atoms with Crippen LogP contribution < -0.4 is 20.9 Å². The molecule has 2 aliphatic heterocycles. The Morgan fingerprint density at radius 3 is 2.20 bits per heavy atom. The Labute approximate surface area is 383 Å².